The van der Waals surface area contributed by atoms with Crippen molar-refractivity contribution < 1.29 is 4.42 Å². The zero-order chi connectivity index (χ0) is 31.9. The fourth-order valence-corrected chi connectivity index (χ4v) is 7.41. The van der Waals surface area contributed by atoms with E-state index in [1.807, 2.05) is 60.7 Å². The number of anilines is 3. The van der Waals surface area contributed by atoms with Gasteiger partial charge in [0.1, 0.15) is 11.2 Å². The van der Waals surface area contributed by atoms with Crippen LogP contribution in [0.2, 0.25) is 0 Å². The van der Waals surface area contributed by atoms with Crippen molar-refractivity contribution in [3.05, 3.63) is 181 Å². The van der Waals surface area contributed by atoms with E-state index in [9.17, 15) is 4.79 Å². The number of para-hydroxylation sites is 1. The molecule has 8 rings (SSSR count). The van der Waals surface area contributed by atoms with Crippen LogP contribution in [0.5, 0.6) is 0 Å². The molecule has 1 aliphatic heterocycles. The number of benzene rings is 6. The van der Waals surface area contributed by atoms with Crippen LogP contribution < -0.4 is 10.3 Å². The van der Waals surface area contributed by atoms with Crippen LogP contribution in [0.1, 0.15) is 5.56 Å². The molecular formula is C43H29NO2S. The van der Waals surface area contributed by atoms with Gasteiger partial charge in [-0.1, -0.05) is 116 Å². The SMILES string of the molecule is C=C/C=C(\C=C)c1ccc2c(c1)Sc1cc(-c3ccccc3)ccc1N2c1ccc(-c2ccc3c(=O)c4ccccc4oc3c2)cc1. The van der Waals surface area contributed by atoms with Gasteiger partial charge in [0.25, 0.3) is 0 Å². The minimum atomic E-state index is -0.0113. The summed E-state index contributed by atoms with van der Waals surface area (Å²) in [5.74, 6) is 0. The third-order valence-corrected chi connectivity index (χ3v) is 9.71. The largest absolute Gasteiger partial charge is 0.456 e. The maximum atomic E-state index is 13.1. The molecule has 3 nitrogen and oxygen atoms in total. The highest BCUT2D eigenvalue weighted by atomic mass is 32.2. The quantitative estimate of drug-likeness (QED) is 0.136. The van der Waals surface area contributed by atoms with Crippen LogP contribution in [0.25, 0.3) is 49.8 Å². The summed E-state index contributed by atoms with van der Waals surface area (Å²) >= 11 is 1.79. The van der Waals surface area contributed by atoms with Crippen molar-refractivity contribution in [3.8, 4) is 22.3 Å². The van der Waals surface area contributed by atoms with Gasteiger partial charge in [-0.3, -0.25) is 4.79 Å². The smallest absolute Gasteiger partial charge is 0.200 e. The Morgan fingerprint density at radius 3 is 2.04 bits per heavy atom. The Labute approximate surface area is 277 Å². The van der Waals surface area contributed by atoms with Crippen LogP contribution in [0, 0.1) is 0 Å². The standard InChI is InChI=1S/C43H29NO2S/c1-3-10-28(4-2)32-18-23-37-41(26-32)47-42-27-33(29-11-6-5-7-12-29)19-24-38(42)44(37)34-20-15-30(16-21-34)31-17-22-36-40(25-31)46-39-14-9-8-13-35(39)43(36)45/h3-27H,1-2H2/b28-10+. The first-order valence-corrected chi connectivity index (χ1v) is 16.3. The van der Waals surface area contributed by atoms with E-state index in [0.717, 1.165) is 44.2 Å². The van der Waals surface area contributed by atoms with Gasteiger partial charge in [-0.2, -0.15) is 0 Å². The third-order valence-electron chi connectivity index (χ3n) is 8.62. The number of fused-ring (bicyclic) bond motifs is 4. The molecule has 4 heteroatoms. The lowest BCUT2D eigenvalue weighted by molar-refractivity contribution is 0.660. The highest BCUT2D eigenvalue weighted by Gasteiger charge is 2.26. The summed E-state index contributed by atoms with van der Waals surface area (Å²) in [5, 5.41) is 1.18. The number of hydrogen-bond acceptors (Lipinski definition) is 4. The van der Waals surface area contributed by atoms with Gasteiger partial charge in [0.05, 0.1) is 22.1 Å². The van der Waals surface area contributed by atoms with Crippen LogP contribution in [0.15, 0.2) is 184 Å². The van der Waals surface area contributed by atoms with Crippen LogP contribution >= 0.6 is 11.8 Å². The first-order valence-electron chi connectivity index (χ1n) is 15.4. The summed E-state index contributed by atoms with van der Waals surface area (Å²) in [6.07, 6.45) is 5.65. The molecular weight excluding hydrogens is 595 g/mol. The van der Waals surface area contributed by atoms with Gasteiger partial charge >= 0.3 is 0 Å². The first-order chi connectivity index (χ1) is 23.1. The van der Waals surface area contributed by atoms with Gasteiger partial charge in [0, 0.05) is 15.5 Å². The molecule has 0 spiro atoms. The molecule has 2 heterocycles. The van der Waals surface area contributed by atoms with Gasteiger partial charge in [-0.05, 0) is 94.1 Å². The maximum Gasteiger partial charge on any atom is 0.200 e. The summed E-state index contributed by atoms with van der Waals surface area (Å²) in [6, 6.07) is 45.6. The van der Waals surface area contributed by atoms with Crippen molar-refractivity contribution in [1.82, 2.24) is 0 Å². The van der Waals surface area contributed by atoms with Crippen molar-refractivity contribution in [2.24, 2.45) is 0 Å². The Kier molecular flexibility index (Phi) is 7.20. The Morgan fingerprint density at radius 2 is 1.26 bits per heavy atom. The number of allylic oxidation sites excluding steroid dienone is 4. The Hall–Kier alpha value is -5.84. The van der Waals surface area contributed by atoms with E-state index < -0.39 is 0 Å². The highest BCUT2D eigenvalue weighted by molar-refractivity contribution is 7.99. The Bertz CT molecular complexity index is 2440. The molecule has 0 aliphatic carbocycles. The third kappa shape index (κ3) is 5.09. The second-order valence-corrected chi connectivity index (χ2v) is 12.5. The van der Waals surface area contributed by atoms with Crippen LogP contribution in [-0.2, 0) is 0 Å². The summed E-state index contributed by atoms with van der Waals surface area (Å²) in [5.41, 5.74) is 11.0. The molecule has 7 aromatic rings. The monoisotopic (exact) mass is 623 g/mol. The predicted molar refractivity (Wildman–Crippen MR) is 198 cm³/mol. The minimum absolute atomic E-state index is 0.0113. The molecule has 1 aromatic heterocycles. The molecule has 0 unspecified atom stereocenters. The summed E-state index contributed by atoms with van der Waals surface area (Å²) in [6.45, 7) is 7.91. The number of rotatable bonds is 6. The van der Waals surface area contributed by atoms with E-state index >= 15 is 0 Å². The summed E-state index contributed by atoms with van der Waals surface area (Å²) in [4.78, 5) is 17.8. The van der Waals surface area contributed by atoms with E-state index in [4.69, 9.17) is 4.42 Å². The van der Waals surface area contributed by atoms with E-state index in [0.29, 0.717) is 21.9 Å². The van der Waals surface area contributed by atoms with Gasteiger partial charge in [-0.15, -0.1) is 0 Å². The minimum Gasteiger partial charge on any atom is -0.456 e. The second kappa shape index (κ2) is 11.8. The number of nitrogens with zero attached hydrogens (tertiary/aromatic N) is 1. The molecule has 0 amide bonds. The molecule has 0 bridgehead atoms. The van der Waals surface area contributed by atoms with Crippen LogP contribution in [-0.4, -0.2) is 0 Å². The number of hydrogen-bond donors (Lipinski definition) is 0. The molecule has 0 atom stereocenters. The fourth-order valence-electron chi connectivity index (χ4n) is 6.27. The lowest BCUT2D eigenvalue weighted by Crippen LogP contribution is -2.15. The molecule has 1 aliphatic rings. The molecule has 47 heavy (non-hydrogen) atoms. The normalized spacial score (nSPS) is 12.5. The molecule has 6 aromatic carbocycles. The van der Waals surface area contributed by atoms with Crippen molar-refractivity contribution in [2.75, 3.05) is 4.90 Å². The van der Waals surface area contributed by atoms with E-state index in [1.165, 1.54) is 16.0 Å². The molecule has 224 valence electrons. The predicted octanol–water partition coefficient (Wildman–Crippen LogP) is 12.0. The second-order valence-electron chi connectivity index (χ2n) is 11.4. The zero-order valence-corrected chi connectivity index (χ0v) is 26.3. The average molecular weight is 624 g/mol. The molecule has 0 saturated carbocycles. The Morgan fingerprint density at radius 1 is 0.617 bits per heavy atom. The van der Waals surface area contributed by atoms with E-state index in [-0.39, 0.29) is 5.43 Å². The fraction of sp³-hybridized carbons (Fsp3) is 0. The molecule has 0 radical (unpaired) electrons. The van der Waals surface area contributed by atoms with Crippen molar-refractivity contribution in [3.63, 3.8) is 0 Å². The first kappa shape index (κ1) is 28.6. The van der Waals surface area contributed by atoms with Crippen molar-refractivity contribution >= 4 is 56.3 Å². The summed E-state index contributed by atoms with van der Waals surface area (Å²) in [7, 11) is 0. The molecule has 0 saturated heterocycles. The molecule has 0 fully saturated rings. The summed E-state index contributed by atoms with van der Waals surface area (Å²) < 4.78 is 6.15. The van der Waals surface area contributed by atoms with Crippen LogP contribution in [0.3, 0.4) is 0 Å². The van der Waals surface area contributed by atoms with E-state index in [2.05, 4.69) is 103 Å². The van der Waals surface area contributed by atoms with Gasteiger partial charge < -0.3 is 9.32 Å². The Balaban J connectivity index is 1.22. The molecule has 0 N–H and O–H groups in total. The van der Waals surface area contributed by atoms with Gasteiger partial charge in [0.15, 0.2) is 0 Å². The van der Waals surface area contributed by atoms with Gasteiger partial charge in [-0.25, -0.2) is 0 Å². The van der Waals surface area contributed by atoms with Crippen LogP contribution in [0.4, 0.5) is 17.1 Å². The van der Waals surface area contributed by atoms with Gasteiger partial charge in [0.2, 0.25) is 5.43 Å². The van der Waals surface area contributed by atoms with E-state index in [1.54, 1.807) is 17.8 Å². The van der Waals surface area contributed by atoms with Crippen molar-refractivity contribution in [2.45, 2.75) is 9.79 Å². The average Bonchev–Trinajstić information content (AvgIpc) is 3.13. The lowest BCUT2D eigenvalue weighted by atomic mass is 10.0. The zero-order valence-electron chi connectivity index (χ0n) is 25.5. The highest BCUT2D eigenvalue weighted by Crippen LogP contribution is 2.53. The van der Waals surface area contributed by atoms with Crippen molar-refractivity contribution in [1.29, 1.82) is 0 Å². The topological polar surface area (TPSA) is 33.5 Å². The lowest BCUT2D eigenvalue weighted by Gasteiger charge is -2.33. The maximum absolute atomic E-state index is 13.1.